The van der Waals surface area contributed by atoms with Crippen LogP contribution in [-0.2, 0) is 17.7 Å². The van der Waals surface area contributed by atoms with Gasteiger partial charge < -0.3 is 14.6 Å². The van der Waals surface area contributed by atoms with Gasteiger partial charge in [0.25, 0.3) is 0 Å². The second kappa shape index (κ2) is 6.22. The minimum atomic E-state index is 0.576. The molecule has 0 aromatic carbocycles. The number of hydrogen-bond donors (Lipinski definition) is 1. The van der Waals surface area contributed by atoms with E-state index in [9.17, 15) is 0 Å². The highest BCUT2D eigenvalue weighted by molar-refractivity contribution is 5.30. The molecule has 0 bridgehead atoms. The standard InChI is InChI=1S/C14H24N2O/c1-3-15-14-7-4-6-12-10-16(11-13(12)14)8-5-9-17-2/h10-11,14-15H,3-9H2,1-2H3. The highest BCUT2D eigenvalue weighted by Crippen LogP contribution is 2.30. The first-order valence-electron chi connectivity index (χ1n) is 6.76. The number of ether oxygens (including phenoxy) is 1. The first-order valence-corrected chi connectivity index (χ1v) is 6.76. The third-order valence-electron chi connectivity index (χ3n) is 3.53. The van der Waals surface area contributed by atoms with Crippen molar-refractivity contribution in [1.29, 1.82) is 0 Å². The number of aryl methyl sites for hydroxylation is 2. The van der Waals surface area contributed by atoms with Gasteiger partial charge in [0.05, 0.1) is 0 Å². The van der Waals surface area contributed by atoms with Crippen molar-refractivity contribution in [3.63, 3.8) is 0 Å². The molecule has 1 aromatic rings. The van der Waals surface area contributed by atoms with E-state index < -0.39 is 0 Å². The Morgan fingerprint density at radius 2 is 2.35 bits per heavy atom. The number of rotatable bonds is 6. The molecule has 3 nitrogen and oxygen atoms in total. The number of nitrogens with one attached hydrogen (secondary N) is 1. The molecule has 96 valence electrons. The molecule has 1 unspecified atom stereocenters. The van der Waals surface area contributed by atoms with E-state index in [1.807, 2.05) is 0 Å². The number of aromatic nitrogens is 1. The van der Waals surface area contributed by atoms with E-state index in [4.69, 9.17) is 4.74 Å². The summed E-state index contributed by atoms with van der Waals surface area (Å²) in [6.07, 6.45) is 9.59. The monoisotopic (exact) mass is 236 g/mol. The summed E-state index contributed by atoms with van der Waals surface area (Å²) in [5.41, 5.74) is 3.06. The minimum absolute atomic E-state index is 0.576. The molecule has 0 saturated carbocycles. The van der Waals surface area contributed by atoms with Crippen LogP contribution in [0.1, 0.15) is 43.4 Å². The molecule has 1 heterocycles. The van der Waals surface area contributed by atoms with Crippen LogP contribution in [0.4, 0.5) is 0 Å². The van der Waals surface area contributed by atoms with Gasteiger partial charge in [0, 0.05) is 38.7 Å². The molecule has 3 heteroatoms. The summed E-state index contributed by atoms with van der Waals surface area (Å²) in [4.78, 5) is 0. The van der Waals surface area contributed by atoms with Crippen LogP contribution in [0.15, 0.2) is 12.4 Å². The first-order chi connectivity index (χ1) is 8.35. The highest BCUT2D eigenvalue weighted by atomic mass is 16.5. The Balaban J connectivity index is 2.02. The average Bonchev–Trinajstić information content (AvgIpc) is 2.74. The maximum atomic E-state index is 5.10. The van der Waals surface area contributed by atoms with Crippen LogP contribution in [-0.4, -0.2) is 24.8 Å². The third-order valence-corrected chi connectivity index (χ3v) is 3.53. The van der Waals surface area contributed by atoms with Gasteiger partial charge in [0.1, 0.15) is 0 Å². The van der Waals surface area contributed by atoms with Crippen LogP contribution < -0.4 is 5.32 Å². The van der Waals surface area contributed by atoms with E-state index in [-0.39, 0.29) is 0 Å². The largest absolute Gasteiger partial charge is 0.385 e. The predicted molar refractivity (Wildman–Crippen MR) is 70.3 cm³/mol. The molecule has 1 N–H and O–H groups in total. The van der Waals surface area contributed by atoms with Gasteiger partial charge in [0.15, 0.2) is 0 Å². The number of methoxy groups -OCH3 is 1. The van der Waals surface area contributed by atoms with Crippen molar-refractivity contribution in [2.24, 2.45) is 0 Å². The lowest BCUT2D eigenvalue weighted by Crippen LogP contribution is -2.23. The van der Waals surface area contributed by atoms with Crippen molar-refractivity contribution in [2.45, 2.75) is 45.2 Å². The van der Waals surface area contributed by atoms with Crippen molar-refractivity contribution in [2.75, 3.05) is 20.3 Å². The molecule has 0 fully saturated rings. The second-order valence-corrected chi connectivity index (χ2v) is 4.83. The third kappa shape index (κ3) is 3.11. The Morgan fingerprint density at radius 3 is 3.12 bits per heavy atom. The Morgan fingerprint density at radius 1 is 1.47 bits per heavy atom. The van der Waals surface area contributed by atoms with Gasteiger partial charge in [-0.2, -0.15) is 0 Å². The van der Waals surface area contributed by atoms with E-state index in [0.29, 0.717) is 6.04 Å². The van der Waals surface area contributed by atoms with Crippen LogP contribution in [0, 0.1) is 0 Å². The van der Waals surface area contributed by atoms with Gasteiger partial charge in [-0.25, -0.2) is 0 Å². The van der Waals surface area contributed by atoms with E-state index in [1.54, 1.807) is 12.7 Å². The van der Waals surface area contributed by atoms with Gasteiger partial charge in [-0.05, 0) is 43.4 Å². The van der Waals surface area contributed by atoms with Crippen molar-refractivity contribution in [3.05, 3.63) is 23.5 Å². The highest BCUT2D eigenvalue weighted by Gasteiger charge is 2.20. The normalized spacial score (nSPS) is 19.3. The second-order valence-electron chi connectivity index (χ2n) is 4.83. The van der Waals surface area contributed by atoms with Crippen molar-refractivity contribution in [3.8, 4) is 0 Å². The zero-order valence-electron chi connectivity index (χ0n) is 11.0. The summed E-state index contributed by atoms with van der Waals surface area (Å²) < 4.78 is 7.43. The van der Waals surface area contributed by atoms with Crippen LogP contribution >= 0.6 is 0 Å². The summed E-state index contributed by atoms with van der Waals surface area (Å²) >= 11 is 0. The van der Waals surface area contributed by atoms with Gasteiger partial charge in [-0.1, -0.05) is 6.92 Å². The van der Waals surface area contributed by atoms with E-state index >= 15 is 0 Å². The SMILES string of the molecule is CCNC1CCCc2cn(CCCOC)cc21. The van der Waals surface area contributed by atoms with Crippen LogP contribution in [0.5, 0.6) is 0 Å². The van der Waals surface area contributed by atoms with E-state index in [0.717, 1.165) is 26.1 Å². The van der Waals surface area contributed by atoms with Gasteiger partial charge in [-0.3, -0.25) is 0 Å². The van der Waals surface area contributed by atoms with Crippen molar-refractivity contribution in [1.82, 2.24) is 9.88 Å². The number of nitrogens with zero attached hydrogens (tertiary/aromatic N) is 1. The summed E-state index contributed by atoms with van der Waals surface area (Å²) in [5.74, 6) is 0. The molecule has 1 aromatic heterocycles. The van der Waals surface area contributed by atoms with Gasteiger partial charge >= 0.3 is 0 Å². The maximum Gasteiger partial charge on any atom is 0.0479 e. The lowest BCUT2D eigenvalue weighted by atomic mass is 9.91. The van der Waals surface area contributed by atoms with Crippen LogP contribution in [0.3, 0.4) is 0 Å². The quantitative estimate of drug-likeness (QED) is 0.768. The smallest absolute Gasteiger partial charge is 0.0479 e. The zero-order chi connectivity index (χ0) is 12.1. The Hall–Kier alpha value is -0.800. The van der Waals surface area contributed by atoms with Crippen LogP contribution in [0.2, 0.25) is 0 Å². The fourth-order valence-corrected chi connectivity index (χ4v) is 2.73. The van der Waals surface area contributed by atoms with Gasteiger partial charge in [0.2, 0.25) is 0 Å². The molecule has 0 radical (unpaired) electrons. The lowest BCUT2D eigenvalue weighted by Gasteiger charge is -2.22. The molecule has 1 atom stereocenters. The fraction of sp³-hybridized carbons (Fsp3) is 0.714. The molecule has 0 spiro atoms. The summed E-state index contributed by atoms with van der Waals surface area (Å²) in [7, 11) is 1.77. The first kappa shape index (κ1) is 12.7. The summed E-state index contributed by atoms with van der Waals surface area (Å²) in [6.45, 7) is 5.15. The van der Waals surface area contributed by atoms with E-state index in [1.165, 1.54) is 24.8 Å². The number of hydrogen-bond acceptors (Lipinski definition) is 2. The predicted octanol–water partition coefficient (Wildman–Crippen LogP) is 2.51. The Kier molecular flexibility index (Phi) is 4.63. The van der Waals surface area contributed by atoms with E-state index in [2.05, 4.69) is 29.2 Å². The summed E-state index contributed by atoms with van der Waals surface area (Å²) in [5, 5.41) is 3.58. The molecule has 0 saturated heterocycles. The lowest BCUT2D eigenvalue weighted by molar-refractivity contribution is 0.190. The molecular weight excluding hydrogens is 212 g/mol. The Bertz CT molecular complexity index is 346. The molecular formula is C14H24N2O. The molecule has 0 aliphatic heterocycles. The number of fused-ring (bicyclic) bond motifs is 1. The maximum absolute atomic E-state index is 5.10. The molecule has 0 amide bonds. The molecule has 1 aliphatic rings. The molecule has 17 heavy (non-hydrogen) atoms. The topological polar surface area (TPSA) is 26.2 Å². The fourth-order valence-electron chi connectivity index (χ4n) is 2.73. The molecule has 2 rings (SSSR count). The zero-order valence-corrected chi connectivity index (χ0v) is 11.0. The van der Waals surface area contributed by atoms with Crippen molar-refractivity contribution >= 4 is 0 Å². The van der Waals surface area contributed by atoms with Gasteiger partial charge in [-0.15, -0.1) is 0 Å². The molecule has 1 aliphatic carbocycles. The average molecular weight is 236 g/mol. The Labute approximate surface area is 104 Å². The van der Waals surface area contributed by atoms with Crippen LogP contribution in [0.25, 0.3) is 0 Å². The summed E-state index contributed by atoms with van der Waals surface area (Å²) in [6, 6.07) is 0.576. The minimum Gasteiger partial charge on any atom is -0.385 e. The van der Waals surface area contributed by atoms with Crippen molar-refractivity contribution < 1.29 is 4.74 Å².